The van der Waals surface area contributed by atoms with Crippen LogP contribution < -0.4 is 14.4 Å². The lowest BCUT2D eigenvalue weighted by Gasteiger charge is -2.31. The molecule has 0 saturated heterocycles. The molecule has 0 bridgehead atoms. The normalized spacial score (nSPS) is 13.3. The van der Waals surface area contributed by atoms with E-state index in [0.29, 0.717) is 42.3 Å². The average molecular weight is 483 g/mol. The largest absolute Gasteiger partial charge is 0.497 e. The first-order valence-electron chi connectivity index (χ1n) is 10.7. The number of thioether (sulfide) groups is 1. The smallest absolute Gasteiger partial charge is 0.264 e. The standard InChI is InChI=1S/C25H26N2O4S2/c1-31-21-10-12-23(13-11-21)33(29,30)27-16-5-6-19-18-20(9-14-24(19)27)26-25(28)15-17-32-22-7-3-2-4-8-22/h2-4,7-14,18H,5-6,15-17H2,1H3,(H,26,28). The zero-order valence-corrected chi connectivity index (χ0v) is 20.0. The molecule has 0 spiro atoms. The van der Waals surface area contributed by atoms with Crippen molar-refractivity contribution < 1.29 is 17.9 Å². The van der Waals surface area contributed by atoms with Crippen molar-refractivity contribution >= 4 is 39.1 Å². The zero-order chi connectivity index (χ0) is 23.3. The molecule has 0 saturated carbocycles. The van der Waals surface area contributed by atoms with E-state index in [9.17, 15) is 13.2 Å². The van der Waals surface area contributed by atoms with E-state index in [2.05, 4.69) is 5.32 Å². The highest BCUT2D eigenvalue weighted by molar-refractivity contribution is 7.99. The molecule has 3 aromatic rings. The molecule has 6 nitrogen and oxygen atoms in total. The number of aryl methyl sites for hydroxylation is 1. The van der Waals surface area contributed by atoms with Crippen molar-refractivity contribution in [1.29, 1.82) is 0 Å². The van der Waals surface area contributed by atoms with E-state index in [4.69, 9.17) is 4.74 Å². The number of anilines is 2. The van der Waals surface area contributed by atoms with Gasteiger partial charge in [0.25, 0.3) is 10.0 Å². The van der Waals surface area contributed by atoms with Crippen LogP contribution >= 0.6 is 11.8 Å². The Balaban J connectivity index is 1.43. The average Bonchev–Trinajstić information content (AvgIpc) is 2.84. The maximum absolute atomic E-state index is 13.3. The predicted octanol–water partition coefficient (Wildman–Crippen LogP) is 4.96. The monoisotopic (exact) mass is 482 g/mol. The Morgan fingerprint density at radius 2 is 1.82 bits per heavy atom. The first-order chi connectivity index (χ1) is 16.0. The molecule has 1 amide bonds. The van der Waals surface area contributed by atoms with Crippen molar-refractivity contribution in [1.82, 2.24) is 0 Å². The Kier molecular flexibility index (Phi) is 7.25. The van der Waals surface area contributed by atoms with Gasteiger partial charge in [-0.15, -0.1) is 11.8 Å². The van der Waals surface area contributed by atoms with E-state index in [0.717, 1.165) is 16.9 Å². The number of amides is 1. The molecule has 33 heavy (non-hydrogen) atoms. The number of fused-ring (bicyclic) bond motifs is 1. The molecule has 4 rings (SSSR count). The van der Waals surface area contributed by atoms with Crippen molar-refractivity contribution in [3.8, 4) is 5.75 Å². The number of sulfonamides is 1. The minimum absolute atomic E-state index is 0.0584. The Hall–Kier alpha value is -2.97. The number of benzene rings is 3. The fraction of sp³-hybridized carbons (Fsp3) is 0.240. The number of carbonyl (C=O) groups excluding carboxylic acids is 1. The third-order valence-electron chi connectivity index (χ3n) is 5.43. The minimum atomic E-state index is -3.69. The van der Waals surface area contributed by atoms with Crippen LogP contribution in [0.5, 0.6) is 5.75 Å². The molecule has 0 radical (unpaired) electrons. The second-order valence-electron chi connectivity index (χ2n) is 7.66. The van der Waals surface area contributed by atoms with Gasteiger partial charge in [-0.3, -0.25) is 9.10 Å². The summed E-state index contributed by atoms with van der Waals surface area (Å²) in [5.41, 5.74) is 2.26. The van der Waals surface area contributed by atoms with Gasteiger partial charge in [-0.25, -0.2) is 8.42 Å². The number of rotatable bonds is 8. The summed E-state index contributed by atoms with van der Waals surface area (Å²) in [5.74, 6) is 1.24. The number of methoxy groups -OCH3 is 1. The van der Waals surface area contributed by atoms with Crippen molar-refractivity contribution in [2.75, 3.05) is 29.0 Å². The van der Waals surface area contributed by atoms with Crippen LogP contribution in [0.1, 0.15) is 18.4 Å². The van der Waals surface area contributed by atoms with E-state index in [1.54, 1.807) is 55.3 Å². The van der Waals surface area contributed by atoms with Crippen LogP contribution in [0.2, 0.25) is 0 Å². The number of nitrogens with zero attached hydrogens (tertiary/aromatic N) is 1. The van der Waals surface area contributed by atoms with Crippen molar-refractivity contribution in [2.45, 2.75) is 29.1 Å². The van der Waals surface area contributed by atoms with E-state index >= 15 is 0 Å². The van der Waals surface area contributed by atoms with E-state index in [1.807, 2.05) is 36.4 Å². The van der Waals surface area contributed by atoms with E-state index < -0.39 is 10.0 Å². The van der Waals surface area contributed by atoms with Crippen molar-refractivity contribution in [3.05, 3.63) is 78.4 Å². The number of hydrogen-bond acceptors (Lipinski definition) is 5. The maximum atomic E-state index is 13.3. The van der Waals surface area contributed by atoms with Gasteiger partial charge < -0.3 is 10.1 Å². The minimum Gasteiger partial charge on any atom is -0.497 e. The molecule has 1 heterocycles. The molecular formula is C25H26N2O4S2. The summed E-state index contributed by atoms with van der Waals surface area (Å²) < 4.78 is 33.1. The highest BCUT2D eigenvalue weighted by Gasteiger charge is 2.29. The van der Waals surface area contributed by atoms with Gasteiger partial charge in [-0.1, -0.05) is 18.2 Å². The number of hydrogen-bond donors (Lipinski definition) is 1. The van der Waals surface area contributed by atoms with Crippen LogP contribution in [0.4, 0.5) is 11.4 Å². The quantitative estimate of drug-likeness (QED) is 0.460. The molecule has 172 valence electrons. The second-order valence-corrected chi connectivity index (χ2v) is 10.7. The molecule has 0 aliphatic carbocycles. The molecule has 1 aliphatic rings. The fourth-order valence-electron chi connectivity index (χ4n) is 3.77. The van der Waals surface area contributed by atoms with Gasteiger partial charge in [0, 0.05) is 29.3 Å². The lowest BCUT2D eigenvalue weighted by atomic mass is 10.0. The lowest BCUT2D eigenvalue weighted by Crippen LogP contribution is -2.35. The fourth-order valence-corrected chi connectivity index (χ4v) is 6.18. The number of ether oxygens (including phenoxy) is 1. The van der Waals surface area contributed by atoms with Crippen LogP contribution in [0.25, 0.3) is 0 Å². The van der Waals surface area contributed by atoms with Crippen LogP contribution in [-0.4, -0.2) is 33.7 Å². The number of carbonyl (C=O) groups is 1. The summed E-state index contributed by atoms with van der Waals surface area (Å²) in [6.45, 7) is 0.420. The Labute approximate surface area is 199 Å². The van der Waals surface area contributed by atoms with Gasteiger partial charge in [0.05, 0.1) is 17.7 Å². The summed E-state index contributed by atoms with van der Waals surface area (Å²) in [6.07, 6.45) is 1.87. The first kappa shape index (κ1) is 23.2. The van der Waals surface area contributed by atoms with Crippen LogP contribution in [0, 0.1) is 0 Å². The van der Waals surface area contributed by atoms with Gasteiger partial charge >= 0.3 is 0 Å². The molecule has 8 heteroatoms. The summed E-state index contributed by atoms with van der Waals surface area (Å²) in [7, 11) is -2.14. The Morgan fingerprint density at radius 3 is 2.55 bits per heavy atom. The topological polar surface area (TPSA) is 75.7 Å². The molecule has 3 aromatic carbocycles. The summed E-state index contributed by atoms with van der Waals surface area (Å²) in [6, 6.07) is 21.8. The Bertz CT molecular complexity index is 1210. The van der Waals surface area contributed by atoms with E-state index in [1.165, 1.54) is 4.31 Å². The summed E-state index contributed by atoms with van der Waals surface area (Å²) >= 11 is 1.64. The van der Waals surface area contributed by atoms with Crippen molar-refractivity contribution in [2.24, 2.45) is 0 Å². The molecule has 1 aliphatic heterocycles. The molecular weight excluding hydrogens is 456 g/mol. The van der Waals surface area contributed by atoms with Crippen LogP contribution in [0.3, 0.4) is 0 Å². The molecule has 0 unspecified atom stereocenters. The molecule has 0 atom stereocenters. The predicted molar refractivity (Wildman–Crippen MR) is 133 cm³/mol. The molecule has 0 fully saturated rings. The third-order valence-corrected chi connectivity index (χ3v) is 8.27. The Morgan fingerprint density at radius 1 is 1.06 bits per heavy atom. The van der Waals surface area contributed by atoms with Crippen LogP contribution in [0.15, 0.2) is 82.6 Å². The highest BCUT2D eigenvalue weighted by atomic mass is 32.2. The van der Waals surface area contributed by atoms with Gasteiger partial charge in [0.15, 0.2) is 0 Å². The van der Waals surface area contributed by atoms with Gasteiger partial charge in [0.1, 0.15) is 5.75 Å². The summed E-state index contributed by atoms with van der Waals surface area (Å²) in [5, 5.41) is 2.94. The summed E-state index contributed by atoms with van der Waals surface area (Å²) in [4.78, 5) is 13.8. The van der Waals surface area contributed by atoms with Gasteiger partial charge in [0.2, 0.25) is 5.91 Å². The first-order valence-corrected chi connectivity index (χ1v) is 13.2. The molecule has 0 aromatic heterocycles. The number of nitrogens with one attached hydrogen (secondary N) is 1. The van der Waals surface area contributed by atoms with E-state index in [-0.39, 0.29) is 10.8 Å². The zero-order valence-electron chi connectivity index (χ0n) is 18.4. The SMILES string of the molecule is COc1ccc(S(=O)(=O)N2CCCc3cc(NC(=O)CCSc4ccccc4)ccc32)cc1. The van der Waals surface area contributed by atoms with Crippen molar-refractivity contribution in [3.63, 3.8) is 0 Å². The highest BCUT2D eigenvalue weighted by Crippen LogP contribution is 2.34. The lowest BCUT2D eigenvalue weighted by molar-refractivity contribution is -0.115. The maximum Gasteiger partial charge on any atom is 0.264 e. The second kappa shape index (κ2) is 10.3. The van der Waals surface area contributed by atoms with Crippen LogP contribution in [-0.2, 0) is 21.2 Å². The van der Waals surface area contributed by atoms with Gasteiger partial charge in [-0.2, -0.15) is 0 Å². The van der Waals surface area contributed by atoms with Gasteiger partial charge in [-0.05, 0) is 73.0 Å². The third kappa shape index (κ3) is 5.51. The molecule has 1 N–H and O–H groups in total.